The number of hydrogen-bond donors (Lipinski definition) is 1. The smallest absolute Gasteiger partial charge is 0.305 e. The molecule has 0 heterocycles. The SMILES string of the molecule is CCCCCCCCCCOC(=O)CCCCCNCCCCCCCC=O. The fraction of sp³-hybridized carbons (Fsp3) is 0.917. The predicted molar refractivity (Wildman–Crippen MR) is 119 cm³/mol. The maximum Gasteiger partial charge on any atom is 0.305 e. The van der Waals surface area contributed by atoms with Crippen LogP contribution in [0, 0.1) is 0 Å². The summed E-state index contributed by atoms with van der Waals surface area (Å²) in [7, 11) is 0. The van der Waals surface area contributed by atoms with E-state index in [1.54, 1.807) is 0 Å². The van der Waals surface area contributed by atoms with E-state index in [2.05, 4.69) is 12.2 Å². The van der Waals surface area contributed by atoms with Gasteiger partial charge in [-0.3, -0.25) is 4.79 Å². The molecule has 0 bridgehead atoms. The van der Waals surface area contributed by atoms with Crippen LogP contribution in [0.3, 0.4) is 0 Å². The molecule has 0 fully saturated rings. The van der Waals surface area contributed by atoms with Gasteiger partial charge in [-0.15, -0.1) is 0 Å². The van der Waals surface area contributed by atoms with Gasteiger partial charge in [-0.25, -0.2) is 0 Å². The van der Waals surface area contributed by atoms with Crippen molar-refractivity contribution in [1.29, 1.82) is 0 Å². The third kappa shape index (κ3) is 23.1. The lowest BCUT2D eigenvalue weighted by Gasteiger charge is -2.06. The molecule has 0 radical (unpaired) electrons. The minimum atomic E-state index is -0.0227. The third-order valence-electron chi connectivity index (χ3n) is 5.17. The highest BCUT2D eigenvalue weighted by atomic mass is 16.5. The maximum absolute atomic E-state index is 11.7. The lowest BCUT2D eigenvalue weighted by molar-refractivity contribution is -0.143. The number of esters is 1. The van der Waals surface area contributed by atoms with Gasteiger partial charge < -0.3 is 14.8 Å². The van der Waals surface area contributed by atoms with Gasteiger partial charge in [-0.2, -0.15) is 0 Å². The lowest BCUT2D eigenvalue weighted by Crippen LogP contribution is -2.16. The van der Waals surface area contributed by atoms with Crippen LogP contribution in [0.25, 0.3) is 0 Å². The molecule has 0 aromatic rings. The topological polar surface area (TPSA) is 55.4 Å². The summed E-state index contributed by atoms with van der Waals surface area (Å²) >= 11 is 0. The van der Waals surface area contributed by atoms with E-state index in [-0.39, 0.29) is 5.97 Å². The largest absolute Gasteiger partial charge is 0.466 e. The van der Waals surface area contributed by atoms with Crippen molar-refractivity contribution < 1.29 is 14.3 Å². The third-order valence-corrected chi connectivity index (χ3v) is 5.17. The van der Waals surface area contributed by atoms with Crippen molar-refractivity contribution in [2.24, 2.45) is 0 Å². The van der Waals surface area contributed by atoms with Crippen molar-refractivity contribution in [3.05, 3.63) is 0 Å². The molecule has 1 N–H and O–H groups in total. The van der Waals surface area contributed by atoms with Crippen molar-refractivity contribution in [2.75, 3.05) is 19.7 Å². The minimum Gasteiger partial charge on any atom is -0.466 e. The van der Waals surface area contributed by atoms with E-state index in [1.165, 1.54) is 70.6 Å². The number of carbonyl (C=O) groups excluding carboxylic acids is 2. The van der Waals surface area contributed by atoms with Gasteiger partial charge in [0.1, 0.15) is 6.29 Å². The Morgan fingerprint density at radius 3 is 1.89 bits per heavy atom. The molecule has 28 heavy (non-hydrogen) atoms. The summed E-state index contributed by atoms with van der Waals surface area (Å²) in [6.07, 6.45) is 21.5. The molecule has 0 amide bonds. The summed E-state index contributed by atoms with van der Waals surface area (Å²) < 4.78 is 5.32. The Balaban J connectivity index is 3.14. The Labute approximate surface area is 174 Å². The molecule has 0 saturated heterocycles. The van der Waals surface area contributed by atoms with Gasteiger partial charge in [0, 0.05) is 12.8 Å². The van der Waals surface area contributed by atoms with Crippen LogP contribution in [-0.4, -0.2) is 32.0 Å². The quantitative estimate of drug-likeness (QED) is 0.124. The van der Waals surface area contributed by atoms with Crippen LogP contribution in [0.2, 0.25) is 0 Å². The Hall–Kier alpha value is -0.900. The second-order valence-electron chi connectivity index (χ2n) is 7.98. The Kier molecular flexibility index (Phi) is 23.4. The van der Waals surface area contributed by atoms with Crippen molar-refractivity contribution in [1.82, 2.24) is 5.32 Å². The maximum atomic E-state index is 11.7. The van der Waals surface area contributed by atoms with E-state index < -0.39 is 0 Å². The lowest BCUT2D eigenvalue weighted by atomic mass is 10.1. The molecule has 0 rings (SSSR count). The van der Waals surface area contributed by atoms with Crippen LogP contribution in [0.15, 0.2) is 0 Å². The molecular weight excluding hydrogens is 350 g/mol. The van der Waals surface area contributed by atoms with E-state index in [1.807, 2.05) is 0 Å². The van der Waals surface area contributed by atoms with Crippen molar-refractivity contribution >= 4 is 12.3 Å². The average Bonchev–Trinajstić information content (AvgIpc) is 2.70. The molecule has 0 unspecified atom stereocenters. The number of carbonyl (C=O) groups is 2. The molecule has 0 aromatic carbocycles. The van der Waals surface area contributed by atoms with Crippen molar-refractivity contribution in [2.45, 2.75) is 122 Å². The second-order valence-corrected chi connectivity index (χ2v) is 7.98. The summed E-state index contributed by atoms with van der Waals surface area (Å²) in [6.45, 7) is 4.97. The van der Waals surface area contributed by atoms with E-state index in [4.69, 9.17) is 4.74 Å². The van der Waals surface area contributed by atoms with Crippen LogP contribution in [0.4, 0.5) is 0 Å². The zero-order valence-corrected chi connectivity index (χ0v) is 18.7. The first-order chi connectivity index (χ1) is 13.8. The molecule has 0 atom stereocenters. The van der Waals surface area contributed by atoms with Gasteiger partial charge in [-0.05, 0) is 45.2 Å². The monoisotopic (exact) mass is 397 g/mol. The van der Waals surface area contributed by atoms with Gasteiger partial charge in [0.25, 0.3) is 0 Å². The fourth-order valence-electron chi connectivity index (χ4n) is 3.32. The highest BCUT2D eigenvalue weighted by Gasteiger charge is 2.02. The summed E-state index contributed by atoms with van der Waals surface area (Å²) in [4.78, 5) is 21.9. The summed E-state index contributed by atoms with van der Waals surface area (Å²) in [5, 5.41) is 3.47. The molecular formula is C24H47NO3. The molecule has 4 nitrogen and oxygen atoms in total. The first-order valence-electron chi connectivity index (χ1n) is 12.1. The molecule has 166 valence electrons. The van der Waals surface area contributed by atoms with Gasteiger partial charge in [0.2, 0.25) is 0 Å². The molecule has 0 aliphatic carbocycles. The summed E-state index contributed by atoms with van der Waals surface area (Å²) in [5.74, 6) is -0.0227. The van der Waals surface area contributed by atoms with Crippen LogP contribution in [-0.2, 0) is 14.3 Å². The molecule has 0 aliphatic rings. The minimum absolute atomic E-state index is 0.0227. The second kappa shape index (κ2) is 24.1. The van der Waals surface area contributed by atoms with E-state index >= 15 is 0 Å². The van der Waals surface area contributed by atoms with Crippen molar-refractivity contribution in [3.63, 3.8) is 0 Å². The van der Waals surface area contributed by atoms with Gasteiger partial charge in [0.15, 0.2) is 0 Å². The average molecular weight is 398 g/mol. The van der Waals surface area contributed by atoms with E-state index in [0.717, 1.165) is 51.5 Å². The number of rotatable bonds is 23. The summed E-state index contributed by atoms with van der Waals surface area (Å²) in [6, 6.07) is 0. The van der Waals surface area contributed by atoms with Gasteiger partial charge in [0.05, 0.1) is 6.61 Å². The number of unbranched alkanes of at least 4 members (excludes halogenated alkanes) is 14. The first kappa shape index (κ1) is 27.1. The Morgan fingerprint density at radius 2 is 1.25 bits per heavy atom. The van der Waals surface area contributed by atoms with E-state index in [0.29, 0.717) is 19.4 Å². The standard InChI is InChI=1S/C24H47NO3/c1-2-3-4-5-6-9-12-18-23-28-24(27)19-14-13-16-21-25-20-15-10-7-8-11-17-22-26/h22,25H,2-21,23H2,1H3. The summed E-state index contributed by atoms with van der Waals surface area (Å²) in [5.41, 5.74) is 0. The molecule has 0 aliphatic heterocycles. The number of hydrogen-bond acceptors (Lipinski definition) is 4. The zero-order valence-electron chi connectivity index (χ0n) is 18.7. The normalized spacial score (nSPS) is 10.9. The number of ether oxygens (including phenoxy) is 1. The molecule has 0 spiro atoms. The number of nitrogens with one attached hydrogen (secondary N) is 1. The van der Waals surface area contributed by atoms with Gasteiger partial charge in [-0.1, -0.05) is 77.6 Å². The highest BCUT2D eigenvalue weighted by Crippen LogP contribution is 2.09. The van der Waals surface area contributed by atoms with E-state index in [9.17, 15) is 9.59 Å². The zero-order chi connectivity index (χ0) is 20.5. The Morgan fingerprint density at radius 1 is 0.714 bits per heavy atom. The molecule has 4 heteroatoms. The van der Waals surface area contributed by atoms with Crippen molar-refractivity contribution in [3.8, 4) is 0 Å². The van der Waals surface area contributed by atoms with Crippen LogP contribution in [0.5, 0.6) is 0 Å². The fourth-order valence-corrected chi connectivity index (χ4v) is 3.32. The predicted octanol–water partition coefficient (Wildman–Crippen LogP) is 6.36. The Bertz CT molecular complexity index is 334. The highest BCUT2D eigenvalue weighted by molar-refractivity contribution is 5.69. The van der Waals surface area contributed by atoms with Crippen LogP contribution in [0.1, 0.15) is 122 Å². The van der Waals surface area contributed by atoms with Crippen LogP contribution < -0.4 is 5.32 Å². The number of aldehydes is 1. The van der Waals surface area contributed by atoms with Crippen LogP contribution >= 0.6 is 0 Å². The molecule has 0 aromatic heterocycles. The molecule has 0 saturated carbocycles. The van der Waals surface area contributed by atoms with Gasteiger partial charge >= 0.3 is 5.97 Å². The first-order valence-corrected chi connectivity index (χ1v) is 12.1.